The normalized spacial score (nSPS) is 15.7. The SMILES string of the molecule is CCOC(OCC)(OCC)[SiH](CC)CC(C)CN. The number of rotatable bonds is 11. The van der Waals surface area contributed by atoms with Crippen LogP contribution in [0.15, 0.2) is 0 Å². The van der Waals surface area contributed by atoms with Gasteiger partial charge in [0.25, 0.3) is 5.60 Å². The molecule has 0 saturated heterocycles. The molecule has 0 fully saturated rings. The number of hydrogen-bond donors (Lipinski definition) is 1. The lowest BCUT2D eigenvalue weighted by molar-refractivity contribution is -0.326. The third kappa shape index (κ3) is 5.36. The first-order chi connectivity index (χ1) is 8.60. The second-order valence-electron chi connectivity index (χ2n) is 4.58. The summed E-state index contributed by atoms with van der Waals surface area (Å²) in [5.74, 6) is 0.502. The minimum absolute atomic E-state index is 0.502. The Balaban J connectivity index is 4.93. The summed E-state index contributed by atoms with van der Waals surface area (Å²) in [6, 6.07) is 2.18. The molecule has 0 aliphatic rings. The molecule has 0 aromatic carbocycles. The molecule has 0 spiro atoms. The second-order valence-corrected chi connectivity index (χ2v) is 7.97. The summed E-state index contributed by atoms with van der Waals surface area (Å²) < 4.78 is 17.7. The van der Waals surface area contributed by atoms with E-state index in [0.717, 1.165) is 12.1 Å². The first-order valence-electron chi connectivity index (χ1n) is 7.21. The van der Waals surface area contributed by atoms with Crippen molar-refractivity contribution >= 4 is 8.80 Å². The van der Waals surface area contributed by atoms with Gasteiger partial charge in [-0.2, -0.15) is 0 Å². The summed E-state index contributed by atoms with van der Waals surface area (Å²) in [7, 11) is -1.34. The standard InChI is InChI=1S/C13H31NO3Si/c1-6-15-13(16-7-2,17-8-3)18(9-4)11-12(5)10-14/h12,18H,6-11,14H2,1-5H3. The molecule has 0 radical (unpaired) electrons. The largest absolute Gasteiger partial charge is 0.332 e. The van der Waals surface area contributed by atoms with Crippen molar-refractivity contribution in [3.05, 3.63) is 0 Å². The predicted molar refractivity (Wildman–Crippen MR) is 78.3 cm³/mol. The lowest BCUT2D eigenvalue weighted by Crippen LogP contribution is -2.53. The zero-order chi connectivity index (χ0) is 14.0. The van der Waals surface area contributed by atoms with Gasteiger partial charge in [0.15, 0.2) is 0 Å². The topological polar surface area (TPSA) is 53.7 Å². The van der Waals surface area contributed by atoms with Crippen LogP contribution >= 0.6 is 0 Å². The molecule has 18 heavy (non-hydrogen) atoms. The molecule has 0 heterocycles. The maximum atomic E-state index is 5.89. The van der Waals surface area contributed by atoms with Gasteiger partial charge in [0.05, 0.1) is 0 Å². The van der Waals surface area contributed by atoms with Crippen molar-refractivity contribution in [3.63, 3.8) is 0 Å². The number of ether oxygens (including phenoxy) is 3. The lowest BCUT2D eigenvalue weighted by atomic mass is 10.2. The van der Waals surface area contributed by atoms with Crippen LogP contribution in [0, 0.1) is 5.92 Å². The van der Waals surface area contributed by atoms with Gasteiger partial charge in [0.2, 0.25) is 0 Å². The van der Waals surface area contributed by atoms with Crippen LogP contribution in [0.3, 0.4) is 0 Å². The van der Waals surface area contributed by atoms with E-state index in [9.17, 15) is 0 Å². The van der Waals surface area contributed by atoms with Gasteiger partial charge in [-0.15, -0.1) is 0 Å². The Morgan fingerprint density at radius 1 is 1.00 bits per heavy atom. The van der Waals surface area contributed by atoms with Crippen molar-refractivity contribution in [2.75, 3.05) is 26.4 Å². The third-order valence-electron chi connectivity index (χ3n) is 3.12. The van der Waals surface area contributed by atoms with Crippen LogP contribution in [-0.2, 0) is 14.2 Å². The molecule has 110 valence electrons. The fraction of sp³-hybridized carbons (Fsp3) is 1.00. The fourth-order valence-electron chi connectivity index (χ4n) is 2.23. The van der Waals surface area contributed by atoms with Gasteiger partial charge in [0.1, 0.15) is 8.80 Å². The number of hydrogen-bond acceptors (Lipinski definition) is 4. The molecule has 0 saturated carbocycles. The second kappa shape index (κ2) is 9.92. The smallest absolute Gasteiger partial charge is 0.252 e. The van der Waals surface area contributed by atoms with E-state index in [4.69, 9.17) is 19.9 Å². The van der Waals surface area contributed by atoms with Crippen molar-refractivity contribution < 1.29 is 14.2 Å². The highest BCUT2D eigenvalue weighted by Gasteiger charge is 2.42. The minimum atomic E-state index is -1.34. The molecule has 0 aliphatic heterocycles. The van der Waals surface area contributed by atoms with Crippen LogP contribution in [-0.4, -0.2) is 40.8 Å². The van der Waals surface area contributed by atoms with E-state index in [1.807, 2.05) is 20.8 Å². The van der Waals surface area contributed by atoms with Gasteiger partial charge in [-0.05, 0) is 39.3 Å². The predicted octanol–water partition coefficient (Wildman–Crippen LogP) is 2.13. The molecule has 0 aromatic rings. The molecule has 0 amide bonds. The quantitative estimate of drug-likeness (QED) is 0.464. The first kappa shape index (κ1) is 18.1. The summed E-state index contributed by atoms with van der Waals surface area (Å²) >= 11 is 0. The summed E-state index contributed by atoms with van der Waals surface area (Å²) in [6.45, 7) is 12.9. The molecule has 0 rings (SSSR count). The summed E-state index contributed by atoms with van der Waals surface area (Å²) in [6.07, 6.45) is 0. The molecular weight excluding hydrogens is 246 g/mol. The average molecular weight is 277 g/mol. The molecular formula is C13H31NO3Si. The highest BCUT2D eigenvalue weighted by molar-refractivity contribution is 6.61. The lowest BCUT2D eigenvalue weighted by Gasteiger charge is -2.39. The Bertz CT molecular complexity index is 188. The Kier molecular flexibility index (Phi) is 9.95. The fourth-order valence-corrected chi connectivity index (χ4v) is 5.72. The van der Waals surface area contributed by atoms with Crippen LogP contribution in [0.25, 0.3) is 0 Å². The summed E-state index contributed by atoms with van der Waals surface area (Å²) in [4.78, 5) is 0. The van der Waals surface area contributed by atoms with Gasteiger partial charge in [-0.25, -0.2) is 0 Å². The van der Waals surface area contributed by atoms with E-state index in [-0.39, 0.29) is 0 Å². The highest BCUT2D eigenvalue weighted by atomic mass is 28.3. The van der Waals surface area contributed by atoms with Crippen LogP contribution < -0.4 is 5.73 Å². The van der Waals surface area contributed by atoms with Crippen LogP contribution in [0.5, 0.6) is 0 Å². The van der Waals surface area contributed by atoms with E-state index in [0.29, 0.717) is 32.3 Å². The van der Waals surface area contributed by atoms with Gasteiger partial charge < -0.3 is 19.9 Å². The van der Waals surface area contributed by atoms with Gasteiger partial charge in [0, 0.05) is 19.8 Å². The van der Waals surface area contributed by atoms with E-state index in [1.54, 1.807) is 0 Å². The first-order valence-corrected chi connectivity index (χ1v) is 9.42. The van der Waals surface area contributed by atoms with Crippen LogP contribution in [0.2, 0.25) is 12.1 Å². The molecule has 2 atom stereocenters. The zero-order valence-electron chi connectivity index (χ0n) is 12.7. The Morgan fingerprint density at radius 3 is 1.72 bits per heavy atom. The van der Waals surface area contributed by atoms with E-state index in [2.05, 4.69) is 13.8 Å². The van der Waals surface area contributed by atoms with Gasteiger partial charge in [-0.1, -0.05) is 19.9 Å². The van der Waals surface area contributed by atoms with Crippen LogP contribution in [0.4, 0.5) is 0 Å². The maximum Gasteiger partial charge on any atom is 0.252 e. The number of nitrogens with two attached hydrogens (primary N) is 1. The van der Waals surface area contributed by atoms with Gasteiger partial charge >= 0.3 is 0 Å². The highest BCUT2D eigenvalue weighted by Crippen LogP contribution is 2.27. The van der Waals surface area contributed by atoms with E-state index >= 15 is 0 Å². The Hall–Kier alpha value is 0.0569. The van der Waals surface area contributed by atoms with Gasteiger partial charge in [-0.3, -0.25) is 0 Å². The molecule has 5 heteroatoms. The van der Waals surface area contributed by atoms with Crippen molar-refractivity contribution in [3.8, 4) is 0 Å². The minimum Gasteiger partial charge on any atom is -0.332 e. The maximum absolute atomic E-state index is 5.89. The summed E-state index contributed by atoms with van der Waals surface area (Å²) in [5, 5.41) is 0. The average Bonchev–Trinajstić information content (AvgIpc) is 2.36. The third-order valence-corrected chi connectivity index (χ3v) is 6.98. The molecule has 0 aliphatic carbocycles. The molecule has 0 aromatic heterocycles. The van der Waals surface area contributed by atoms with Crippen molar-refractivity contribution in [2.45, 2.75) is 52.3 Å². The van der Waals surface area contributed by atoms with Crippen molar-refractivity contribution in [2.24, 2.45) is 11.7 Å². The van der Waals surface area contributed by atoms with Crippen LogP contribution in [0.1, 0.15) is 34.6 Å². The zero-order valence-corrected chi connectivity index (χ0v) is 13.9. The van der Waals surface area contributed by atoms with E-state index < -0.39 is 14.4 Å². The Labute approximate surface area is 114 Å². The molecule has 0 bridgehead atoms. The Morgan fingerprint density at radius 2 is 1.44 bits per heavy atom. The molecule has 2 unspecified atom stereocenters. The molecule has 2 N–H and O–H groups in total. The summed E-state index contributed by atoms with van der Waals surface area (Å²) in [5.41, 5.74) is 4.97. The van der Waals surface area contributed by atoms with E-state index in [1.165, 1.54) is 0 Å². The van der Waals surface area contributed by atoms with Crippen molar-refractivity contribution in [1.29, 1.82) is 0 Å². The monoisotopic (exact) mass is 277 g/mol. The molecule has 4 nitrogen and oxygen atoms in total. The van der Waals surface area contributed by atoms with Crippen molar-refractivity contribution in [1.82, 2.24) is 0 Å².